The number of ether oxygens (including phenoxy) is 3. The third-order valence-corrected chi connectivity index (χ3v) is 5.23. The van der Waals surface area contributed by atoms with Crippen LogP contribution in [0, 0.1) is 5.92 Å². The lowest BCUT2D eigenvalue weighted by atomic mass is 9.97. The van der Waals surface area contributed by atoms with Crippen LogP contribution in [0.2, 0.25) is 0 Å². The van der Waals surface area contributed by atoms with E-state index in [1.165, 1.54) is 45.9 Å². The summed E-state index contributed by atoms with van der Waals surface area (Å²) in [5, 5.41) is 3.03. The molecule has 0 amide bonds. The lowest BCUT2D eigenvalue weighted by Gasteiger charge is -2.32. The Labute approximate surface area is 184 Å². The summed E-state index contributed by atoms with van der Waals surface area (Å²) >= 11 is 0. The zero-order chi connectivity index (χ0) is 23.3. The van der Waals surface area contributed by atoms with Gasteiger partial charge in [-0.15, -0.1) is 0 Å². The Balaban J connectivity index is 1.85. The first kappa shape index (κ1) is 22.8. The molecule has 1 aromatic carbocycles. The topological polar surface area (TPSA) is 146 Å². The Morgan fingerprint density at radius 3 is 2.09 bits per heavy atom. The molecular weight excluding hydrogens is 418 g/mol. The number of benzene rings is 1. The van der Waals surface area contributed by atoms with Gasteiger partial charge in [-0.25, -0.2) is 19.6 Å². The van der Waals surface area contributed by atoms with Crippen molar-refractivity contribution < 1.29 is 28.6 Å². The number of piperidine rings is 1. The van der Waals surface area contributed by atoms with Gasteiger partial charge in [-0.3, -0.25) is 4.79 Å². The van der Waals surface area contributed by atoms with Gasteiger partial charge in [0, 0.05) is 18.8 Å². The second kappa shape index (κ2) is 9.94. The molecule has 3 rings (SSSR count). The van der Waals surface area contributed by atoms with Crippen molar-refractivity contribution in [3.63, 3.8) is 0 Å². The van der Waals surface area contributed by atoms with Gasteiger partial charge in [-0.2, -0.15) is 0 Å². The second-order valence-electron chi connectivity index (χ2n) is 7.15. The molecule has 1 aliphatic heterocycles. The Bertz CT molecular complexity index is 985. The van der Waals surface area contributed by atoms with Crippen LogP contribution in [0.1, 0.15) is 33.6 Å². The largest absolute Gasteiger partial charge is 0.469 e. The molecule has 0 aliphatic carbocycles. The van der Waals surface area contributed by atoms with E-state index >= 15 is 0 Å². The van der Waals surface area contributed by atoms with Crippen LogP contribution in [0.15, 0.2) is 24.5 Å². The van der Waals surface area contributed by atoms with E-state index in [0.717, 1.165) is 0 Å². The average molecular weight is 443 g/mol. The van der Waals surface area contributed by atoms with Gasteiger partial charge in [-0.05, 0) is 31.0 Å². The van der Waals surface area contributed by atoms with Gasteiger partial charge in [0.2, 0.25) is 0 Å². The van der Waals surface area contributed by atoms with Gasteiger partial charge in [0.25, 0.3) is 0 Å². The van der Waals surface area contributed by atoms with Crippen LogP contribution in [0.3, 0.4) is 0 Å². The zero-order valence-corrected chi connectivity index (χ0v) is 18.1. The van der Waals surface area contributed by atoms with Crippen molar-refractivity contribution in [1.82, 2.24) is 9.97 Å². The average Bonchev–Trinajstić information content (AvgIpc) is 2.83. The molecule has 11 heteroatoms. The summed E-state index contributed by atoms with van der Waals surface area (Å²) in [4.78, 5) is 46.3. The van der Waals surface area contributed by atoms with Crippen molar-refractivity contribution >= 4 is 40.9 Å². The minimum absolute atomic E-state index is 0.144. The highest BCUT2D eigenvalue weighted by molar-refractivity contribution is 5.97. The summed E-state index contributed by atoms with van der Waals surface area (Å²) in [6.45, 7) is 1.18. The molecule has 2 heterocycles. The highest BCUT2D eigenvalue weighted by atomic mass is 16.5. The van der Waals surface area contributed by atoms with Crippen molar-refractivity contribution in [3.05, 3.63) is 35.7 Å². The van der Waals surface area contributed by atoms with Gasteiger partial charge in [0.05, 0.1) is 38.4 Å². The molecule has 170 valence electrons. The van der Waals surface area contributed by atoms with E-state index in [1.54, 1.807) is 0 Å². The number of nitrogens with two attached hydrogens (primary N) is 1. The normalized spacial score (nSPS) is 13.9. The van der Waals surface area contributed by atoms with E-state index in [0.29, 0.717) is 48.9 Å². The lowest BCUT2D eigenvalue weighted by molar-refractivity contribution is -0.146. The van der Waals surface area contributed by atoms with Gasteiger partial charge < -0.3 is 30.2 Å². The summed E-state index contributed by atoms with van der Waals surface area (Å²) < 4.78 is 14.3. The Morgan fingerprint density at radius 1 is 0.969 bits per heavy atom. The number of carbonyl (C=O) groups is 3. The molecule has 1 aliphatic rings. The van der Waals surface area contributed by atoms with E-state index in [1.807, 2.05) is 4.90 Å². The van der Waals surface area contributed by atoms with E-state index in [2.05, 4.69) is 15.3 Å². The highest BCUT2D eigenvalue weighted by Crippen LogP contribution is 2.32. The first-order chi connectivity index (χ1) is 15.4. The lowest BCUT2D eigenvalue weighted by Crippen LogP contribution is -2.37. The van der Waals surface area contributed by atoms with Crippen LogP contribution in [-0.2, 0) is 19.0 Å². The minimum atomic E-state index is -0.608. The number of anilines is 4. The van der Waals surface area contributed by atoms with Crippen molar-refractivity contribution in [3.8, 4) is 0 Å². The quantitative estimate of drug-likeness (QED) is 0.497. The SMILES string of the molecule is COC(=O)c1cc(Nc2ncnc(N3CCC(C(=O)OC)CC3)c2N)cc(C(=O)OC)c1. The molecule has 1 fully saturated rings. The van der Waals surface area contributed by atoms with E-state index < -0.39 is 11.9 Å². The number of hydrogen-bond donors (Lipinski definition) is 2. The van der Waals surface area contributed by atoms with Crippen LogP contribution >= 0.6 is 0 Å². The predicted molar refractivity (Wildman–Crippen MR) is 116 cm³/mol. The molecule has 2 aromatic rings. The van der Waals surface area contributed by atoms with E-state index in [4.69, 9.17) is 19.9 Å². The molecule has 0 atom stereocenters. The molecule has 11 nitrogen and oxygen atoms in total. The summed E-state index contributed by atoms with van der Waals surface area (Å²) in [5.74, 6) is -0.734. The molecule has 0 radical (unpaired) electrons. The Morgan fingerprint density at radius 2 is 1.56 bits per heavy atom. The van der Waals surface area contributed by atoms with Crippen molar-refractivity contribution in [1.29, 1.82) is 0 Å². The smallest absolute Gasteiger partial charge is 0.337 e. The van der Waals surface area contributed by atoms with Crippen LogP contribution < -0.4 is 16.0 Å². The molecular formula is C21H25N5O6. The van der Waals surface area contributed by atoms with Crippen molar-refractivity contribution in [2.75, 3.05) is 50.4 Å². The van der Waals surface area contributed by atoms with Crippen LogP contribution in [-0.4, -0.2) is 62.3 Å². The van der Waals surface area contributed by atoms with Crippen LogP contribution in [0.25, 0.3) is 0 Å². The maximum Gasteiger partial charge on any atom is 0.337 e. The number of nitrogens with one attached hydrogen (secondary N) is 1. The van der Waals surface area contributed by atoms with E-state index in [9.17, 15) is 14.4 Å². The number of nitrogens with zero attached hydrogens (tertiary/aromatic N) is 3. The third kappa shape index (κ3) is 4.88. The van der Waals surface area contributed by atoms with Crippen molar-refractivity contribution in [2.24, 2.45) is 5.92 Å². The molecule has 0 bridgehead atoms. The summed E-state index contributed by atoms with van der Waals surface area (Å²) in [7, 11) is 3.88. The van der Waals surface area contributed by atoms with Gasteiger partial charge in [0.15, 0.2) is 11.6 Å². The van der Waals surface area contributed by atoms with Gasteiger partial charge in [-0.1, -0.05) is 0 Å². The molecule has 0 spiro atoms. The zero-order valence-electron chi connectivity index (χ0n) is 18.1. The monoisotopic (exact) mass is 443 g/mol. The maximum absolute atomic E-state index is 12.0. The van der Waals surface area contributed by atoms with Gasteiger partial charge >= 0.3 is 17.9 Å². The number of nitrogen functional groups attached to an aromatic ring is 1. The number of esters is 3. The fraction of sp³-hybridized carbons (Fsp3) is 0.381. The molecule has 32 heavy (non-hydrogen) atoms. The number of methoxy groups -OCH3 is 3. The predicted octanol–water partition coefficient (Wildman–Crippen LogP) is 1.76. The molecule has 3 N–H and O–H groups in total. The Kier molecular flexibility index (Phi) is 7.08. The van der Waals surface area contributed by atoms with E-state index in [-0.39, 0.29) is 23.0 Å². The number of rotatable bonds is 6. The summed E-state index contributed by atoms with van der Waals surface area (Å²) in [5.41, 5.74) is 7.35. The van der Waals surface area contributed by atoms with Crippen LogP contribution in [0.4, 0.5) is 23.0 Å². The Hall–Kier alpha value is -3.89. The number of carbonyl (C=O) groups excluding carboxylic acids is 3. The summed E-state index contributed by atoms with van der Waals surface area (Å²) in [6, 6.07) is 4.41. The second-order valence-corrected chi connectivity index (χ2v) is 7.15. The first-order valence-electron chi connectivity index (χ1n) is 9.90. The minimum Gasteiger partial charge on any atom is -0.469 e. The molecule has 0 saturated carbocycles. The first-order valence-corrected chi connectivity index (χ1v) is 9.90. The highest BCUT2D eigenvalue weighted by Gasteiger charge is 2.27. The fourth-order valence-corrected chi connectivity index (χ4v) is 3.54. The molecule has 0 unspecified atom stereocenters. The maximum atomic E-state index is 12.0. The van der Waals surface area contributed by atoms with Crippen LogP contribution in [0.5, 0.6) is 0 Å². The summed E-state index contributed by atoms with van der Waals surface area (Å²) in [6.07, 6.45) is 2.62. The third-order valence-electron chi connectivity index (χ3n) is 5.23. The molecule has 1 saturated heterocycles. The standard InChI is InChI=1S/C21H25N5O6/c1-30-19(27)12-4-6-26(7-5-12)18-16(22)17(23-11-24-18)25-15-9-13(20(28)31-2)8-14(10-15)21(29)32-3/h8-12H,4-7,22H2,1-3H3,(H,23,24,25). The van der Waals surface area contributed by atoms with Gasteiger partial charge in [0.1, 0.15) is 12.0 Å². The number of hydrogen-bond acceptors (Lipinski definition) is 11. The van der Waals surface area contributed by atoms with Crippen molar-refractivity contribution in [2.45, 2.75) is 12.8 Å². The number of aromatic nitrogens is 2. The fourth-order valence-electron chi connectivity index (χ4n) is 3.54. The molecule has 1 aromatic heterocycles.